The molecule has 2 heterocycles. The first kappa shape index (κ1) is 21.6. The van der Waals surface area contributed by atoms with Gasteiger partial charge in [0.1, 0.15) is 10.7 Å². The van der Waals surface area contributed by atoms with Crippen LogP contribution >= 0.6 is 23.2 Å². The van der Waals surface area contributed by atoms with Crippen LogP contribution in [0.15, 0.2) is 73.1 Å². The number of fused-ring (bicyclic) bond motifs is 1. The van der Waals surface area contributed by atoms with E-state index in [0.29, 0.717) is 27.7 Å². The fraction of sp³-hybridized carbons (Fsp3) is 0.0455. The van der Waals surface area contributed by atoms with Crippen LogP contribution in [0.25, 0.3) is 22.6 Å². The molecule has 10 heteroatoms. The summed E-state index contributed by atoms with van der Waals surface area (Å²) in [5, 5.41) is 13.2. The minimum absolute atomic E-state index is 0.0655. The van der Waals surface area contributed by atoms with Crippen LogP contribution in [-0.2, 0) is 6.54 Å². The molecule has 4 N–H and O–H groups in total. The normalized spacial score (nSPS) is 11.7. The largest absolute Gasteiger partial charge is 0.396 e. The lowest BCUT2D eigenvalue weighted by atomic mass is 10.1. The summed E-state index contributed by atoms with van der Waals surface area (Å²) >= 11 is 11.9. The van der Waals surface area contributed by atoms with E-state index < -0.39 is 4.92 Å². The minimum Gasteiger partial charge on any atom is -0.396 e. The van der Waals surface area contributed by atoms with Crippen LogP contribution in [0.1, 0.15) is 11.3 Å². The Labute approximate surface area is 193 Å². The van der Waals surface area contributed by atoms with E-state index in [1.807, 2.05) is 40.9 Å². The van der Waals surface area contributed by atoms with Gasteiger partial charge in [0.05, 0.1) is 28.6 Å². The second kappa shape index (κ2) is 8.88. The number of nitro benzene ring substituents is 1. The fourth-order valence-electron chi connectivity index (χ4n) is 3.37. The molecule has 162 valence electrons. The summed E-state index contributed by atoms with van der Waals surface area (Å²) in [5.41, 5.74) is 10.2. The monoisotopic (exact) mass is 468 g/mol. The van der Waals surface area contributed by atoms with E-state index in [1.165, 1.54) is 17.1 Å². The molecule has 0 saturated carbocycles. The van der Waals surface area contributed by atoms with Crippen LogP contribution in [0.4, 0.5) is 5.69 Å². The maximum Gasteiger partial charge on any atom is 0.288 e. The summed E-state index contributed by atoms with van der Waals surface area (Å²) in [6.45, 7) is 0.186. The van der Waals surface area contributed by atoms with E-state index in [1.54, 1.807) is 24.4 Å². The van der Waals surface area contributed by atoms with Gasteiger partial charge in [-0.05, 0) is 35.9 Å². The number of nitro groups is 1. The topological polar surface area (TPSA) is 116 Å². The molecule has 0 radical (unpaired) electrons. The van der Waals surface area contributed by atoms with E-state index in [-0.39, 0.29) is 17.3 Å². The number of hydrogen-bond donors (Lipinski definition) is 2. The van der Waals surface area contributed by atoms with Gasteiger partial charge in [0.2, 0.25) is 0 Å². The Morgan fingerprint density at radius 1 is 1.16 bits per heavy atom. The van der Waals surface area contributed by atoms with Gasteiger partial charge in [-0.1, -0.05) is 47.5 Å². The second-order valence-electron chi connectivity index (χ2n) is 7.04. The molecule has 2 aromatic carbocycles. The van der Waals surface area contributed by atoms with E-state index in [4.69, 9.17) is 39.8 Å². The highest BCUT2D eigenvalue weighted by Crippen LogP contribution is 2.29. The minimum atomic E-state index is -0.534. The number of hydrogen-bond acceptors (Lipinski definition) is 6. The molecule has 0 amide bonds. The molecule has 0 unspecified atom stereocenters. The highest BCUT2D eigenvalue weighted by molar-refractivity contribution is 6.32. The van der Waals surface area contributed by atoms with Crippen molar-refractivity contribution in [2.45, 2.75) is 6.54 Å². The van der Waals surface area contributed by atoms with Crippen molar-refractivity contribution in [1.82, 2.24) is 14.4 Å². The summed E-state index contributed by atoms with van der Waals surface area (Å²) in [7, 11) is 0. The average Bonchev–Trinajstić information content (AvgIpc) is 3.15. The molecule has 4 rings (SSSR count). The lowest BCUT2D eigenvalue weighted by Crippen LogP contribution is -2.26. The number of aromatic nitrogens is 2. The molecule has 0 saturated heterocycles. The number of benzene rings is 2. The van der Waals surface area contributed by atoms with Crippen molar-refractivity contribution >= 4 is 40.2 Å². The molecule has 0 spiro atoms. The highest BCUT2D eigenvalue weighted by Gasteiger charge is 2.17. The molecule has 2 aromatic heterocycles. The third-order valence-electron chi connectivity index (χ3n) is 4.80. The van der Waals surface area contributed by atoms with E-state index in [2.05, 4.69) is 0 Å². The molecule has 0 aliphatic carbocycles. The Morgan fingerprint density at radius 3 is 2.62 bits per heavy atom. The molecule has 0 aliphatic rings. The van der Waals surface area contributed by atoms with Gasteiger partial charge in [0.25, 0.3) is 5.69 Å². The molecule has 0 atom stereocenters. The van der Waals surface area contributed by atoms with Crippen LogP contribution in [-0.4, -0.2) is 19.3 Å². The van der Waals surface area contributed by atoms with Gasteiger partial charge in [-0.3, -0.25) is 14.5 Å². The Kier molecular flexibility index (Phi) is 6.00. The number of pyridine rings is 1. The lowest BCUT2D eigenvalue weighted by Gasteiger charge is -2.16. The zero-order valence-corrected chi connectivity index (χ0v) is 18.2. The Bertz CT molecular complexity index is 1330. The van der Waals surface area contributed by atoms with Gasteiger partial charge in [0, 0.05) is 29.0 Å². The van der Waals surface area contributed by atoms with E-state index in [0.717, 1.165) is 11.2 Å². The van der Waals surface area contributed by atoms with Crippen molar-refractivity contribution in [3.8, 4) is 11.3 Å². The first-order valence-electron chi connectivity index (χ1n) is 9.48. The second-order valence-corrected chi connectivity index (χ2v) is 7.89. The van der Waals surface area contributed by atoms with Crippen LogP contribution in [0.5, 0.6) is 0 Å². The summed E-state index contributed by atoms with van der Waals surface area (Å²) in [5.74, 6) is 6.16. The van der Waals surface area contributed by atoms with E-state index >= 15 is 0 Å². The van der Waals surface area contributed by atoms with Gasteiger partial charge >= 0.3 is 0 Å². The molecule has 0 bridgehead atoms. The molecule has 32 heavy (non-hydrogen) atoms. The van der Waals surface area contributed by atoms with Gasteiger partial charge in [0.15, 0.2) is 0 Å². The Morgan fingerprint density at radius 2 is 1.91 bits per heavy atom. The SMILES string of the molecule is N/C(=C\N(N)Cc1ccc(Cl)c([N+](=O)[O-])c1)c1c(-c2ccc(Cl)cc2)nc2ccccn12. The quantitative estimate of drug-likeness (QED) is 0.237. The number of halogens is 2. The van der Waals surface area contributed by atoms with Crippen molar-refractivity contribution in [2.75, 3.05) is 0 Å². The van der Waals surface area contributed by atoms with Crippen molar-refractivity contribution < 1.29 is 4.92 Å². The van der Waals surface area contributed by atoms with Crippen molar-refractivity contribution in [1.29, 1.82) is 0 Å². The van der Waals surface area contributed by atoms with Crippen LogP contribution < -0.4 is 11.6 Å². The number of nitrogens with zero attached hydrogens (tertiary/aromatic N) is 4. The number of nitrogens with two attached hydrogens (primary N) is 2. The molecular formula is C22H18Cl2N6O2. The maximum absolute atomic E-state index is 11.1. The van der Waals surface area contributed by atoms with Gasteiger partial charge < -0.3 is 10.7 Å². The Hall–Kier alpha value is -3.59. The number of rotatable bonds is 6. The molecule has 0 aliphatic heterocycles. The zero-order valence-electron chi connectivity index (χ0n) is 16.7. The first-order chi connectivity index (χ1) is 15.3. The molecule has 4 aromatic rings. The Balaban J connectivity index is 1.71. The first-order valence-corrected chi connectivity index (χ1v) is 10.2. The van der Waals surface area contributed by atoms with Crippen LogP contribution in [0.2, 0.25) is 10.0 Å². The zero-order chi connectivity index (χ0) is 22.8. The standard InChI is InChI=1S/C22H18Cl2N6O2/c23-16-7-5-15(6-8-16)21-22(29-10-2-1-3-20(29)27-21)18(25)13-28(26)12-14-4-9-17(24)19(11-14)30(31)32/h1-11,13H,12,25-26H2/b18-13-. The van der Waals surface area contributed by atoms with Gasteiger partial charge in [-0.25, -0.2) is 10.8 Å². The fourth-order valence-corrected chi connectivity index (χ4v) is 3.69. The van der Waals surface area contributed by atoms with Gasteiger partial charge in [-0.2, -0.15) is 0 Å². The number of imidazole rings is 1. The maximum atomic E-state index is 11.1. The summed E-state index contributed by atoms with van der Waals surface area (Å²) in [6, 6.07) is 17.5. The predicted molar refractivity (Wildman–Crippen MR) is 126 cm³/mol. The molecule has 0 fully saturated rings. The smallest absolute Gasteiger partial charge is 0.288 e. The van der Waals surface area contributed by atoms with Crippen LogP contribution in [0, 0.1) is 10.1 Å². The van der Waals surface area contributed by atoms with Crippen LogP contribution in [0.3, 0.4) is 0 Å². The lowest BCUT2D eigenvalue weighted by molar-refractivity contribution is -0.384. The predicted octanol–water partition coefficient (Wildman–Crippen LogP) is 4.85. The summed E-state index contributed by atoms with van der Waals surface area (Å²) < 4.78 is 1.87. The van der Waals surface area contributed by atoms with Crippen molar-refractivity contribution in [2.24, 2.45) is 11.6 Å². The summed E-state index contributed by atoms with van der Waals surface area (Å²) in [4.78, 5) is 15.3. The highest BCUT2D eigenvalue weighted by atomic mass is 35.5. The number of hydrazine groups is 1. The molecule has 8 nitrogen and oxygen atoms in total. The average molecular weight is 469 g/mol. The third kappa shape index (κ3) is 4.38. The van der Waals surface area contributed by atoms with Crippen molar-refractivity contribution in [3.05, 3.63) is 104 Å². The molecular weight excluding hydrogens is 451 g/mol. The van der Waals surface area contributed by atoms with Gasteiger partial charge in [-0.15, -0.1) is 0 Å². The summed E-state index contributed by atoms with van der Waals surface area (Å²) in [6.07, 6.45) is 3.43. The van der Waals surface area contributed by atoms with Crippen molar-refractivity contribution in [3.63, 3.8) is 0 Å². The van der Waals surface area contributed by atoms with E-state index in [9.17, 15) is 10.1 Å². The third-order valence-corrected chi connectivity index (χ3v) is 5.37.